The Morgan fingerprint density at radius 1 is 1.40 bits per heavy atom. The third-order valence-corrected chi connectivity index (χ3v) is 2.55. The van der Waals surface area contributed by atoms with Crippen molar-refractivity contribution < 1.29 is 8.63 Å². The quantitative estimate of drug-likeness (QED) is 0.537. The smallest absolute Gasteiger partial charge is 0.287 e. The van der Waals surface area contributed by atoms with Crippen molar-refractivity contribution in [3.8, 4) is 0 Å². The Balaban J connectivity index is 2.27. The highest BCUT2D eigenvalue weighted by Crippen LogP contribution is 2.56. The van der Waals surface area contributed by atoms with E-state index in [1.54, 1.807) is 0 Å². The van der Waals surface area contributed by atoms with Crippen molar-refractivity contribution in [2.45, 2.75) is 32.5 Å². The molecule has 3 unspecified atom stereocenters. The van der Waals surface area contributed by atoms with Gasteiger partial charge in [-0.05, 0) is 11.8 Å². The minimum absolute atomic E-state index is 0.278. The van der Waals surface area contributed by atoms with Gasteiger partial charge in [-0.2, -0.15) is 0 Å². The molecule has 0 aromatic carbocycles. The van der Waals surface area contributed by atoms with Crippen LogP contribution in [0.5, 0.6) is 0 Å². The van der Waals surface area contributed by atoms with E-state index >= 15 is 0 Å². The molecule has 0 aromatic heterocycles. The Hall–Kier alpha value is -0.0751. The van der Waals surface area contributed by atoms with Gasteiger partial charge in [0.25, 0.3) is 0 Å². The molecule has 0 aromatic rings. The molecule has 1 aliphatic rings. The maximum Gasteiger partial charge on any atom is 0.541 e. The van der Waals surface area contributed by atoms with Crippen LogP contribution in [0.2, 0.25) is 5.82 Å². The first kappa shape index (κ1) is 8.03. The van der Waals surface area contributed by atoms with Crippen molar-refractivity contribution in [1.29, 1.82) is 0 Å². The predicted molar refractivity (Wildman–Crippen MR) is 39.3 cm³/mol. The first-order valence-electron chi connectivity index (χ1n) is 3.96. The molecular formula is C7H13BF2. The minimum Gasteiger partial charge on any atom is -0.287 e. The molecule has 0 amide bonds. The first-order valence-corrected chi connectivity index (χ1v) is 3.96. The average Bonchev–Trinajstić information content (AvgIpc) is 2.43. The molecule has 0 aliphatic heterocycles. The van der Waals surface area contributed by atoms with Crippen LogP contribution in [0.25, 0.3) is 0 Å². The summed E-state index contributed by atoms with van der Waals surface area (Å²) in [7, 11) is -2.08. The van der Waals surface area contributed by atoms with Gasteiger partial charge < -0.3 is 0 Å². The van der Waals surface area contributed by atoms with Crippen LogP contribution in [0.3, 0.4) is 0 Å². The fourth-order valence-electron chi connectivity index (χ4n) is 1.78. The van der Waals surface area contributed by atoms with Crippen LogP contribution in [0, 0.1) is 11.8 Å². The third-order valence-electron chi connectivity index (χ3n) is 2.55. The van der Waals surface area contributed by atoms with Crippen molar-refractivity contribution in [3.63, 3.8) is 0 Å². The summed E-state index contributed by atoms with van der Waals surface area (Å²) in [5.74, 6) is 0.324. The normalized spacial score (nSPS) is 37.8. The molecule has 58 valence electrons. The van der Waals surface area contributed by atoms with Crippen LogP contribution in [0.4, 0.5) is 8.63 Å². The molecular weight excluding hydrogens is 133 g/mol. The molecule has 0 nitrogen and oxygen atoms in total. The zero-order chi connectivity index (χ0) is 7.72. The predicted octanol–water partition coefficient (Wildman–Crippen LogP) is 2.85. The molecule has 1 aliphatic carbocycles. The van der Waals surface area contributed by atoms with Gasteiger partial charge in [0, 0.05) is 5.82 Å². The van der Waals surface area contributed by atoms with E-state index in [1.807, 2.05) is 13.8 Å². The first-order chi connectivity index (χ1) is 4.68. The summed E-state index contributed by atoms with van der Waals surface area (Å²) in [6.07, 6.45) is 2.02. The summed E-state index contributed by atoms with van der Waals surface area (Å²) in [6.45, 7) is 3.98. The van der Waals surface area contributed by atoms with Gasteiger partial charge >= 0.3 is 7.27 Å². The second kappa shape index (κ2) is 2.89. The SMILES string of the molecule is CCCC1C(C)C1B(F)F. The lowest BCUT2D eigenvalue weighted by Gasteiger charge is -1.90. The average molecular weight is 146 g/mol. The zero-order valence-corrected chi connectivity index (χ0v) is 6.48. The Labute approximate surface area is 61.2 Å². The van der Waals surface area contributed by atoms with E-state index < -0.39 is 7.27 Å². The van der Waals surface area contributed by atoms with Crippen molar-refractivity contribution in [2.24, 2.45) is 11.8 Å². The minimum atomic E-state index is -2.08. The van der Waals surface area contributed by atoms with Gasteiger partial charge in [0.05, 0.1) is 0 Å². The Kier molecular flexibility index (Phi) is 2.32. The van der Waals surface area contributed by atoms with Crippen LogP contribution < -0.4 is 0 Å². The number of rotatable bonds is 3. The number of hydrogen-bond donors (Lipinski definition) is 0. The van der Waals surface area contributed by atoms with E-state index in [0.717, 1.165) is 12.8 Å². The molecule has 3 heteroatoms. The van der Waals surface area contributed by atoms with Crippen LogP contribution in [-0.2, 0) is 0 Å². The van der Waals surface area contributed by atoms with E-state index in [-0.39, 0.29) is 11.7 Å². The molecule has 1 saturated carbocycles. The van der Waals surface area contributed by atoms with Crippen LogP contribution in [-0.4, -0.2) is 7.27 Å². The topological polar surface area (TPSA) is 0 Å². The van der Waals surface area contributed by atoms with E-state index in [0.29, 0.717) is 5.92 Å². The van der Waals surface area contributed by atoms with Crippen molar-refractivity contribution >= 4 is 7.27 Å². The molecule has 1 fully saturated rings. The highest BCUT2D eigenvalue weighted by atomic mass is 19.2. The zero-order valence-electron chi connectivity index (χ0n) is 6.48. The summed E-state index contributed by atoms with van der Waals surface area (Å²) in [4.78, 5) is 0. The van der Waals surface area contributed by atoms with E-state index in [4.69, 9.17) is 0 Å². The van der Waals surface area contributed by atoms with Crippen molar-refractivity contribution in [1.82, 2.24) is 0 Å². The lowest BCUT2D eigenvalue weighted by molar-refractivity contribution is 0.623. The van der Waals surface area contributed by atoms with Crippen molar-refractivity contribution in [3.05, 3.63) is 0 Å². The molecule has 0 saturated heterocycles. The molecule has 0 spiro atoms. The van der Waals surface area contributed by atoms with E-state index in [9.17, 15) is 8.63 Å². The molecule has 10 heavy (non-hydrogen) atoms. The summed E-state index contributed by atoms with van der Waals surface area (Å²) in [5.41, 5.74) is 0. The maximum absolute atomic E-state index is 12.0. The fourth-order valence-corrected chi connectivity index (χ4v) is 1.78. The van der Waals surface area contributed by atoms with Gasteiger partial charge in [0.1, 0.15) is 0 Å². The van der Waals surface area contributed by atoms with Gasteiger partial charge in [-0.15, -0.1) is 0 Å². The molecule has 0 N–H and O–H groups in total. The largest absolute Gasteiger partial charge is 0.541 e. The monoisotopic (exact) mass is 146 g/mol. The van der Waals surface area contributed by atoms with Crippen LogP contribution >= 0.6 is 0 Å². The second-order valence-corrected chi connectivity index (χ2v) is 3.22. The Bertz CT molecular complexity index is 116. The molecule has 3 atom stereocenters. The summed E-state index contributed by atoms with van der Waals surface area (Å²) in [6, 6.07) is 0. The highest BCUT2D eigenvalue weighted by molar-refractivity contribution is 6.46. The third kappa shape index (κ3) is 1.33. The van der Waals surface area contributed by atoms with Gasteiger partial charge in [-0.3, -0.25) is 8.63 Å². The molecule has 0 radical (unpaired) electrons. The van der Waals surface area contributed by atoms with Gasteiger partial charge in [-0.25, -0.2) is 0 Å². The van der Waals surface area contributed by atoms with Gasteiger partial charge in [-0.1, -0.05) is 26.7 Å². The summed E-state index contributed by atoms with van der Waals surface area (Å²) in [5, 5.41) is 0. The maximum atomic E-state index is 12.0. The summed E-state index contributed by atoms with van der Waals surface area (Å²) >= 11 is 0. The molecule has 1 rings (SSSR count). The fraction of sp³-hybridized carbons (Fsp3) is 1.00. The van der Waals surface area contributed by atoms with Gasteiger partial charge in [0.15, 0.2) is 0 Å². The summed E-state index contributed by atoms with van der Waals surface area (Å²) < 4.78 is 24.1. The standard InChI is InChI=1S/C7H13BF2/c1-3-4-6-5(2)7(6)8(9)10/h5-7H,3-4H2,1-2H3. The molecule has 0 heterocycles. The van der Waals surface area contributed by atoms with Gasteiger partial charge in [0.2, 0.25) is 0 Å². The lowest BCUT2D eigenvalue weighted by Crippen LogP contribution is -1.97. The van der Waals surface area contributed by atoms with E-state index in [1.165, 1.54) is 0 Å². The lowest BCUT2D eigenvalue weighted by atomic mass is 9.86. The molecule has 0 bridgehead atoms. The van der Waals surface area contributed by atoms with Crippen molar-refractivity contribution in [2.75, 3.05) is 0 Å². The Morgan fingerprint density at radius 2 is 2.00 bits per heavy atom. The van der Waals surface area contributed by atoms with E-state index in [2.05, 4.69) is 0 Å². The number of halogens is 2. The number of hydrogen-bond acceptors (Lipinski definition) is 0. The van der Waals surface area contributed by atoms with Crippen LogP contribution in [0.1, 0.15) is 26.7 Å². The second-order valence-electron chi connectivity index (χ2n) is 3.22. The van der Waals surface area contributed by atoms with Crippen LogP contribution in [0.15, 0.2) is 0 Å². The highest BCUT2D eigenvalue weighted by Gasteiger charge is 2.54. The Morgan fingerprint density at radius 3 is 2.30 bits per heavy atom.